The smallest absolute Gasteiger partial charge is 0.232 e. The number of thiophene rings is 1. The summed E-state index contributed by atoms with van der Waals surface area (Å²) in [5, 5.41) is 2.18. The van der Waals surface area contributed by atoms with Gasteiger partial charge in [-0.3, -0.25) is 4.79 Å². The van der Waals surface area contributed by atoms with Gasteiger partial charge in [0.05, 0.1) is 5.75 Å². The van der Waals surface area contributed by atoms with Gasteiger partial charge in [0.1, 0.15) is 16.2 Å². The predicted molar refractivity (Wildman–Crippen MR) is 92.7 cm³/mol. The quantitative estimate of drug-likeness (QED) is 0.619. The van der Waals surface area contributed by atoms with Crippen molar-refractivity contribution in [1.82, 2.24) is 14.9 Å². The molecule has 0 fully saturated rings. The fourth-order valence-corrected chi connectivity index (χ4v) is 5.19. The number of hydrogen-bond acceptors (Lipinski definition) is 5. The molecule has 0 spiro atoms. The van der Waals surface area contributed by atoms with Crippen molar-refractivity contribution in [2.24, 2.45) is 0 Å². The second kappa shape index (κ2) is 6.96. The van der Waals surface area contributed by atoms with Gasteiger partial charge in [-0.15, -0.1) is 11.3 Å². The number of fused-ring (bicyclic) bond motifs is 3. The molecule has 0 aromatic carbocycles. The number of hydrogen-bond donors (Lipinski definition) is 0. The molecule has 1 aliphatic carbocycles. The van der Waals surface area contributed by atoms with Crippen LogP contribution in [-0.2, 0) is 17.6 Å². The van der Waals surface area contributed by atoms with Gasteiger partial charge in [0, 0.05) is 23.4 Å². The van der Waals surface area contributed by atoms with Crippen LogP contribution in [0.5, 0.6) is 0 Å². The Balaban J connectivity index is 1.85. The molecule has 1 aliphatic rings. The van der Waals surface area contributed by atoms with E-state index in [1.165, 1.54) is 35.1 Å². The summed E-state index contributed by atoms with van der Waals surface area (Å²) >= 11 is 3.36. The molecular formula is C16H21N3OS2. The third-order valence-corrected chi connectivity index (χ3v) is 6.34. The third kappa shape index (κ3) is 2.99. The molecule has 2 heterocycles. The molecule has 0 saturated carbocycles. The van der Waals surface area contributed by atoms with E-state index in [2.05, 4.69) is 9.97 Å². The van der Waals surface area contributed by atoms with Crippen LogP contribution in [0.15, 0.2) is 11.4 Å². The molecule has 118 valence electrons. The zero-order valence-corrected chi connectivity index (χ0v) is 14.7. The zero-order chi connectivity index (χ0) is 15.5. The van der Waals surface area contributed by atoms with Gasteiger partial charge in [-0.25, -0.2) is 9.97 Å². The monoisotopic (exact) mass is 335 g/mol. The summed E-state index contributed by atoms with van der Waals surface area (Å²) in [6.45, 7) is 5.57. The molecule has 4 nitrogen and oxygen atoms in total. The Morgan fingerprint density at radius 2 is 2.05 bits per heavy atom. The van der Waals surface area contributed by atoms with Crippen LogP contribution in [-0.4, -0.2) is 39.6 Å². The lowest BCUT2D eigenvalue weighted by molar-refractivity contribution is -0.127. The molecule has 3 rings (SSSR count). The maximum Gasteiger partial charge on any atom is 0.232 e. The molecule has 6 heteroatoms. The maximum absolute atomic E-state index is 12.2. The van der Waals surface area contributed by atoms with Gasteiger partial charge in [-0.1, -0.05) is 11.8 Å². The normalized spacial score (nSPS) is 14.1. The average molecular weight is 335 g/mol. The SMILES string of the molecule is CCN(CC)C(=O)CSc1ncnc2sc3c(c12)CCCC3. The van der Waals surface area contributed by atoms with Gasteiger partial charge in [0.25, 0.3) is 0 Å². The lowest BCUT2D eigenvalue weighted by Crippen LogP contribution is -2.31. The highest BCUT2D eigenvalue weighted by molar-refractivity contribution is 8.00. The van der Waals surface area contributed by atoms with Gasteiger partial charge >= 0.3 is 0 Å². The topological polar surface area (TPSA) is 46.1 Å². The molecular weight excluding hydrogens is 314 g/mol. The maximum atomic E-state index is 12.2. The largest absolute Gasteiger partial charge is 0.343 e. The molecule has 0 aliphatic heterocycles. The summed E-state index contributed by atoms with van der Waals surface area (Å²) in [4.78, 5) is 25.5. The second-order valence-corrected chi connectivity index (χ2v) is 7.47. The van der Waals surface area contributed by atoms with E-state index >= 15 is 0 Å². The van der Waals surface area contributed by atoms with Crippen LogP contribution in [0, 0.1) is 0 Å². The number of aromatic nitrogens is 2. The number of amides is 1. The van der Waals surface area contributed by atoms with Crippen molar-refractivity contribution in [3.63, 3.8) is 0 Å². The van der Waals surface area contributed by atoms with Crippen molar-refractivity contribution in [1.29, 1.82) is 0 Å². The Bertz CT molecular complexity index is 679. The van der Waals surface area contributed by atoms with E-state index in [-0.39, 0.29) is 5.91 Å². The molecule has 0 N–H and O–H groups in total. The minimum Gasteiger partial charge on any atom is -0.343 e. The average Bonchev–Trinajstić information content (AvgIpc) is 2.93. The molecule has 1 amide bonds. The van der Waals surface area contributed by atoms with Crippen LogP contribution in [0.2, 0.25) is 0 Å². The second-order valence-electron chi connectivity index (χ2n) is 5.42. The Kier molecular flexibility index (Phi) is 4.98. The Morgan fingerprint density at radius 1 is 1.27 bits per heavy atom. The highest BCUT2D eigenvalue weighted by Gasteiger charge is 2.20. The fraction of sp³-hybridized carbons (Fsp3) is 0.562. The number of rotatable bonds is 5. The number of nitrogens with zero attached hydrogens (tertiary/aromatic N) is 3. The third-order valence-electron chi connectivity index (χ3n) is 4.17. The molecule has 0 atom stereocenters. The minimum atomic E-state index is 0.186. The van der Waals surface area contributed by atoms with E-state index in [4.69, 9.17) is 0 Å². The van der Waals surface area contributed by atoms with Crippen molar-refractivity contribution in [3.8, 4) is 0 Å². The van der Waals surface area contributed by atoms with Crippen LogP contribution < -0.4 is 0 Å². The number of thioether (sulfide) groups is 1. The molecule has 0 unspecified atom stereocenters. The predicted octanol–water partition coefficient (Wildman–Crippen LogP) is 3.53. The first-order valence-corrected chi connectivity index (χ1v) is 9.70. The Hall–Kier alpha value is -1.14. The number of carbonyl (C=O) groups excluding carboxylic acids is 1. The molecule has 22 heavy (non-hydrogen) atoms. The zero-order valence-electron chi connectivity index (χ0n) is 13.1. The standard InChI is InChI=1S/C16H21N3OS2/c1-3-19(4-2)13(20)9-21-15-14-11-7-5-6-8-12(11)22-16(14)18-10-17-15/h10H,3-9H2,1-2H3. The molecule has 0 saturated heterocycles. The van der Waals surface area contributed by atoms with E-state index in [1.54, 1.807) is 29.4 Å². The Morgan fingerprint density at radius 3 is 2.82 bits per heavy atom. The number of aryl methyl sites for hydroxylation is 2. The summed E-state index contributed by atoms with van der Waals surface area (Å²) in [5.74, 6) is 0.643. The van der Waals surface area contributed by atoms with Crippen molar-refractivity contribution in [3.05, 3.63) is 16.8 Å². The summed E-state index contributed by atoms with van der Waals surface area (Å²) < 4.78 is 0. The van der Waals surface area contributed by atoms with E-state index in [0.717, 1.165) is 29.4 Å². The highest BCUT2D eigenvalue weighted by atomic mass is 32.2. The van der Waals surface area contributed by atoms with Crippen LogP contribution in [0.1, 0.15) is 37.1 Å². The van der Waals surface area contributed by atoms with Gasteiger partial charge < -0.3 is 4.90 Å². The van der Waals surface area contributed by atoms with Crippen LogP contribution in [0.25, 0.3) is 10.2 Å². The molecule has 2 aromatic rings. The lowest BCUT2D eigenvalue weighted by atomic mass is 9.97. The summed E-state index contributed by atoms with van der Waals surface area (Å²) in [7, 11) is 0. The van der Waals surface area contributed by atoms with Crippen molar-refractivity contribution in [2.75, 3.05) is 18.8 Å². The fourth-order valence-electron chi connectivity index (χ4n) is 2.97. The van der Waals surface area contributed by atoms with Gasteiger partial charge in [-0.2, -0.15) is 0 Å². The molecule has 2 aromatic heterocycles. The first-order valence-electron chi connectivity index (χ1n) is 7.90. The van der Waals surface area contributed by atoms with Gasteiger partial charge in [0.2, 0.25) is 5.91 Å². The first-order chi connectivity index (χ1) is 10.7. The molecule has 0 radical (unpaired) electrons. The van der Waals surface area contributed by atoms with Gasteiger partial charge in [-0.05, 0) is 45.1 Å². The summed E-state index contributed by atoms with van der Waals surface area (Å²) in [5.41, 5.74) is 1.43. The summed E-state index contributed by atoms with van der Waals surface area (Å²) in [6.07, 6.45) is 6.44. The van der Waals surface area contributed by atoms with Crippen LogP contribution >= 0.6 is 23.1 Å². The highest BCUT2D eigenvalue weighted by Crippen LogP contribution is 2.39. The van der Waals surface area contributed by atoms with E-state index in [1.807, 2.05) is 18.7 Å². The van der Waals surface area contributed by atoms with Crippen molar-refractivity contribution in [2.45, 2.75) is 44.6 Å². The Labute approximate surface area is 139 Å². The van der Waals surface area contributed by atoms with Gasteiger partial charge in [0.15, 0.2) is 0 Å². The number of carbonyl (C=O) groups is 1. The van der Waals surface area contributed by atoms with E-state index < -0.39 is 0 Å². The van der Waals surface area contributed by atoms with E-state index in [0.29, 0.717) is 5.75 Å². The van der Waals surface area contributed by atoms with E-state index in [9.17, 15) is 4.79 Å². The molecule has 0 bridgehead atoms. The van der Waals surface area contributed by atoms with Crippen LogP contribution in [0.4, 0.5) is 0 Å². The lowest BCUT2D eigenvalue weighted by Gasteiger charge is -2.18. The van der Waals surface area contributed by atoms with Crippen LogP contribution in [0.3, 0.4) is 0 Å². The first kappa shape index (κ1) is 15.7. The van der Waals surface area contributed by atoms with Crippen molar-refractivity contribution >= 4 is 39.2 Å². The minimum absolute atomic E-state index is 0.186. The summed E-state index contributed by atoms with van der Waals surface area (Å²) in [6, 6.07) is 0. The van der Waals surface area contributed by atoms with Crippen molar-refractivity contribution < 1.29 is 4.79 Å².